The van der Waals surface area contributed by atoms with Crippen molar-refractivity contribution in [3.8, 4) is 16.8 Å². The van der Waals surface area contributed by atoms with E-state index in [9.17, 15) is 0 Å². The number of rotatable bonds is 12. The lowest BCUT2D eigenvalue weighted by Crippen LogP contribution is -2.74. The fourth-order valence-corrected chi connectivity index (χ4v) is 15.2. The molecule has 0 saturated carbocycles. The highest BCUT2D eigenvalue weighted by Crippen LogP contribution is 2.43. The van der Waals surface area contributed by atoms with Crippen LogP contribution in [0.3, 0.4) is 0 Å². The van der Waals surface area contributed by atoms with Crippen LogP contribution in [0.5, 0.6) is 0 Å². The molecule has 2 nitrogen and oxygen atoms in total. The molecule has 0 saturated heterocycles. The standard InChI is InChI=1S/C65H50N2Si/c1-3-4-9-24-48(2)57-45-46-63(60-36-19-18-35-59(57)60)66(52-27-22-34-56(47-52)68(53-28-12-6-13-29-53,54-30-14-7-15-31-54)55-32-16-8-17-33-55)51-43-41-49(42-44-51)58-38-23-40-64-65(58)61-37-20-21-39-62(61)67(64)50-25-10-5-11-26-50/h3-47H,2H2,1H3/b4-3-,24-9-. The number of hydrogen-bond donors (Lipinski definition) is 0. The van der Waals surface area contributed by atoms with Crippen LogP contribution >= 0.6 is 0 Å². The van der Waals surface area contributed by atoms with Crippen molar-refractivity contribution in [2.45, 2.75) is 6.92 Å². The summed E-state index contributed by atoms with van der Waals surface area (Å²) in [6, 6.07) is 91.5. The zero-order valence-electron chi connectivity index (χ0n) is 38.1. The Morgan fingerprint density at radius 1 is 0.456 bits per heavy atom. The van der Waals surface area contributed by atoms with Gasteiger partial charge >= 0.3 is 0 Å². The van der Waals surface area contributed by atoms with E-state index in [2.05, 4.69) is 277 Å². The zero-order valence-corrected chi connectivity index (χ0v) is 39.1. The summed E-state index contributed by atoms with van der Waals surface area (Å²) in [5, 5.41) is 10.1. The highest BCUT2D eigenvalue weighted by Gasteiger charge is 2.41. The fourth-order valence-electron chi connectivity index (χ4n) is 10.4. The van der Waals surface area contributed by atoms with Gasteiger partial charge in [-0.2, -0.15) is 0 Å². The third kappa shape index (κ3) is 7.40. The van der Waals surface area contributed by atoms with Crippen LogP contribution in [-0.4, -0.2) is 12.6 Å². The van der Waals surface area contributed by atoms with Gasteiger partial charge in [-0.25, -0.2) is 0 Å². The summed E-state index contributed by atoms with van der Waals surface area (Å²) >= 11 is 0. The number of benzene rings is 10. The summed E-state index contributed by atoms with van der Waals surface area (Å²) in [5.41, 5.74) is 11.2. The highest BCUT2D eigenvalue weighted by molar-refractivity contribution is 7.19. The van der Waals surface area contributed by atoms with Crippen molar-refractivity contribution in [3.63, 3.8) is 0 Å². The monoisotopic (exact) mass is 886 g/mol. The summed E-state index contributed by atoms with van der Waals surface area (Å²) in [6.45, 7) is 6.56. The third-order valence-corrected chi connectivity index (χ3v) is 18.2. The zero-order chi connectivity index (χ0) is 45.9. The summed E-state index contributed by atoms with van der Waals surface area (Å²) in [5.74, 6) is 0. The molecular weight excluding hydrogens is 837 g/mol. The maximum atomic E-state index is 4.53. The second-order valence-corrected chi connectivity index (χ2v) is 21.1. The maximum absolute atomic E-state index is 4.53. The minimum Gasteiger partial charge on any atom is -0.310 e. The Bertz CT molecular complexity index is 3530. The minimum absolute atomic E-state index is 0.968. The molecule has 0 unspecified atom stereocenters. The molecule has 11 rings (SSSR count). The molecular formula is C65H50N2Si. The van der Waals surface area contributed by atoms with Crippen molar-refractivity contribution in [3.05, 3.63) is 285 Å². The summed E-state index contributed by atoms with van der Waals surface area (Å²) in [7, 11) is -2.85. The van der Waals surface area contributed by atoms with Gasteiger partial charge in [0, 0.05) is 33.2 Å². The summed E-state index contributed by atoms with van der Waals surface area (Å²) in [6.07, 6.45) is 8.24. The average Bonchev–Trinajstić information content (AvgIpc) is 3.75. The van der Waals surface area contributed by atoms with E-state index in [0.717, 1.165) is 50.2 Å². The lowest BCUT2D eigenvalue weighted by molar-refractivity contribution is 1.18. The maximum Gasteiger partial charge on any atom is 0.179 e. The number of hydrogen-bond acceptors (Lipinski definition) is 1. The molecule has 1 aromatic heterocycles. The van der Waals surface area contributed by atoms with Crippen LogP contribution in [0.15, 0.2) is 280 Å². The lowest BCUT2D eigenvalue weighted by Gasteiger charge is -2.35. The van der Waals surface area contributed by atoms with E-state index in [-0.39, 0.29) is 0 Å². The van der Waals surface area contributed by atoms with Crippen LogP contribution in [0.2, 0.25) is 0 Å². The molecule has 0 radical (unpaired) electrons. The average molecular weight is 887 g/mol. The van der Waals surface area contributed by atoms with Crippen molar-refractivity contribution in [2.24, 2.45) is 0 Å². The topological polar surface area (TPSA) is 8.17 Å². The molecule has 0 spiro atoms. The molecule has 3 heteroatoms. The predicted octanol–water partition coefficient (Wildman–Crippen LogP) is 14.6. The molecule has 0 bridgehead atoms. The first kappa shape index (κ1) is 42.2. The van der Waals surface area contributed by atoms with Crippen LogP contribution in [-0.2, 0) is 0 Å². The first-order chi connectivity index (χ1) is 33.6. The molecule has 10 aromatic carbocycles. The van der Waals surface area contributed by atoms with Crippen molar-refractivity contribution < 1.29 is 0 Å². The normalized spacial score (nSPS) is 11.8. The Kier molecular flexibility index (Phi) is 11.4. The second-order valence-electron chi connectivity index (χ2n) is 17.3. The first-order valence-corrected chi connectivity index (χ1v) is 25.4. The number of fused-ring (bicyclic) bond motifs is 4. The Morgan fingerprint density at radius 3 is 1.65 bits per heavy atom. The minimum atomic E-state index is -2.85. The molecule has 0 aliphatic carbocycles. The predicted molar refractivity (Wildman–Crippen MR) is 295 cm³/mol. The Hall–Kier alpha value is -8.50. The number of para-hydroxylation sites is 2. The van der Waals surface area contributed by atoms with E-state index in [1.165, 1.54) is 48.1 Å². The molecule has 0 aliphatic heterocycles. The number of anilines is 3. The van der Waals surface area contributed by atoms with E-state index in [1.807, 2.05) is 19.1 Å². The van der Waals surface area contributed by atoms with Crippen molar-refractivity contribution in [2.75, 3.05) is 4.90 Å². The van der Waals surface area contributed by atoms with Crippen molar-refractivity contribution in [1.82, 2.24) is 4.57 Å². The smallest absolute Gasteiger partial charge is 0.179 e. The van der Waals surface area contributed by atoms with Crippen LogP contribution in [0.4, 0.5) is 17.1 Å². The molecule has 68 heavy (non-hydrogen) atoms. The Morgan fingerprint density at radius 2 is 1.00 bits per heavy atom. The van der Waals surface area contributed by atoms with Gasteiger partial charge in [-0.3, -0.25) is 0 Å². The quantitative estimate of drug-likeness (QED) is 0.0674. The van der Waals surface area contributed by atoms with Crippen LogP contribution in [0.25, 0.3) is 55.0 Å². The first-order valence-electron chi connectivity index (χ1n) is 23.4. The van der Waals surface area contributed by atoms with Gasteiger partial charge in [-0.15, -0.1) is 0 Å². The molecule has 0 atom stereocenters. The highest BCUT2D eigenvalue weighted by atomic mass is 28.3. The van der Waals surface area contributed by atoms with Gasteiger partial charge in [0.1, 0.15) is 0 Å². The summed E-state index contributed by atoms with van der Waals surface area (Å²) < 4.78 is 2.39. The van der Waals surface area contributed by atoms with Gasteiger partial charge in [0.05, 0.1) is 16.7 Å². The van der Waals surface area contributed by atoms with Crippen molar-refractivity contribution >= 4 is 84.0 Å². The Balaban J connectivity index is 1.13. The summed E-state index contributed by atoms with van der Waals surface area (Å²) in [4.78, 5) is 2.46. The van der Waals surface area contributed by atoms with Gasteiger partial charge in [-0.1, -0.05) is 225 Å². The van der Waals surface area contributed by atoms with E-state index >= 15 is 0 Å². The van der Waals surface area contributed by atoms with E-state index in [0.29, 0.717) is 0 Å². The Labute approximate surface area is 400 Å². The van der Waals surface area contributed by atoms with Gasteiger partial charge in [0.15, 0.2) is 8.07 Å². The van der Waals surface area contributed by atoms with Crippen LogP contribution < -0.4 is 25.6 Å². The van der Waals surface area contributed by atoms with E-state index in [1.54, 1.807) is 0 Å². The molecule has 0 aliphatic rings. The van der Waals surface area contributed by atoms with E-state index in [4.69, 9.17) is 0 Å². The van der Waals surface area contributed by atoms with Gasteiger partial charge in [0.2, 0.25) is 0 Å². The van der Waals surface area contributed by atoms with E-state index < -0.39 is 8.07 Å². The second kappa shape index (κ2) is 18.4. The van der Waals surface area contributed by atoms with Gasteiger partial charge in [-0.05, 0) is 110 Å². The van der Waals surface area contributed by atoms with Crippen LogP contribution in [0.1, 0.15) is 12.5 Å². The third-order valence-electron chi connectivity index (χ3n) is 13.4. The van der Waals surface area contributed by atoms with Crippen molar-refractivity contribution in [1.29, 1.82) is 0 Å². The fraction of sp³-hybridized carbons (Fsp3) is 0.0154. The molecule has 0 N–H and O–H groups in total. The number of nitrogens with zero attached hydrogens (tertiary/aromatic N) is 2. The van der Waals surface area contributed by atoms with Gasteiger partial charge < -0.3 is 9.47 Å². The van der Waals surface area contributed by atoms with Gasteiger partial charge in [0.25, 0.3) is 0 Å². The number of allylic oxidation sites excluding steroid dienone is 5. The largest absolute Gasteiger partial charge is 0.310 e. The lowest BCUT2D eigenvalue weighted by atomic mass is 9.96. The molecule has 324 valence electrons. The molecule has 1 heterocycles. The molecule has 11 aromatic rings. The van der Waals surface area contributed by atoms with Crippen LogP contribution in [0, 0.1) is 0 Å². The molecule has 0 amide bonds. The molecule has 0 fully saturated rings. The SMILES string of the molecule is C=C(/C=C\C=C/C)c1ccc(N(c2ccc(-c3cccc4c3c3ccccc3n4-c3ccccc3)cc2)c2cccc([Si](c3ccccc3)(c3ccccc3)c3ccccc3)c2)c2ccccc12. The number of aromatic nitrogens is 1.